The van der Waals surface area contributed by atoms with Crippen LogP contribution in [0, 0.1) is 0 Å². The zero-order valence-corrected chi connectivity index (χ0v) is 17.8. The molecule has 0 heterocycles. The second kappa shape index (κ2) is 9.62. The molecule has 0 aromatic heterocycles. The summed E-state index contributed by atoms with van der Waals surface area (Å²) in [6, 6.07) is 21.6. The molecule has 5 heteroatoms. The van der Waals surface area contributed by atoms with Gasteiger partial charge in [0.25, 0.3) is 0 Å². The monoisotopic (exact) mass is 487 g/mol. The van der Waals surface area contributed by atoms with Crippen molar-refractivity contribution in [3.05, 3.63) is 93.9 Å². The molecule has 3 aromatic rings. The molecule has 0 atom stereocenters. The van der Waals surface area contributed by atoms with Crippen LogP contribution in [0.1, 0.15) is 5.56 Å². The fourth-order valence-electron chi connectivity index (χ4n) is 2.51. The fourth-order valence-corrected chi connectivity index (χ4v) is 3.94. The van der Waals surface area contributed by atoms with Crippen LogP contribution in [-0.4, -0.2) is 6.61 Å². The lowest BCUT2D eigenvalue weighted by molar-refractivity contribution is 0.357. The summed E-state index contributed by atoms with van der Waals surface area (Å²) in [6.07, 6.45) is 1.73. The fraction of sp³-hybridized carbons (Fsp3) is 0.0909. The van der Waals surface area contributed by atoms with Crippen molar-refractivity contribution in [2.45, 2.75) is 6.54 Å². The first-order valence-corrected chi connectivity index (χ1v) is 10.0. The van der Waals surface area contributed by atoms with Crippen LogP contribution in [0.2, 0.25) is 0 Å². The van der Waals surface area contributed by atoms with Crippen LogP contribution in [-0.2, 0) is 6.54 Å². The molecule has 3 aromatic carbocycles. The summed E-state index contributed by atoms with van der Waals surface area (Å²) in [6.45, 7) is 4.79. The van der Waals surface area contributed by atoms with Crippen LogP contribution in [0.3, 0.4) is 0 Å². The zero-order chi connectivity index (χ0) is 19.1. The van der Waals surface area contributed by atoms with Crippen molar-refractivity contribution >= 4 is 37.5 Å². The average Bonchev–Trinajstić information content (AvgIpc) is 2.67. The molecule has 0 amide bonds. The first-order valence-electron chi connectivity index (χ1n) is 8.44. The maximum atomic E-state index is 5.82. The number of para-hydroxylation sites is 1. The van der Waals surface area contributed by atoms with Crippen molar-refractivity contribution in [3.8, 4) is 17.2 Å². The summed E-state index contributed by atoms with van der Waals surface area (Å²) in [5.74, 6) is 2.43. The molecule has 0 aliphatic carbocycles. The maximum absolute atomic E-state index is 5.82. The van der Waals surface area contributed by atoms with Gasteiger partial charge in [0.1, 0.15) is 23.9 Å². The molecule has 0 bridgehead atoms. The molecule has 27 heavy (non-hydrogen) atoms. The molecule has 3 nitrogen and oxygen atoms in total. The zero-order valence-electron chi connectivity index (χ0n) is 14.6. The molecule has 138 valence electrons. The van der Waals surface area contributed by atoms with E-state index in [0.29, 0.717) is 13.2 Å². The van der Waals surface area contributed by atoms with Gasteiger partial charge < -0.3 is 14.8 Å². The van der Waals surface area contributed by atoms with E-state index in [2.05, 4.69) is 43.8 Å². The summed E-state index contributed by atoms with van der Waals surface area (Å²) >= 11 is 7.09. The van der Waals surface area contributed by atoms with E-state index in [1.54, 1.807) is 6.08 Å². The molecule has 0 spiro atoms. The third kappa shape index (κ3) is 5.62. The SMILES string of the molecule is C=CCOc1c(Br)cc(Br)cc1CNc1ccc(Oc2ccccc2)cc1. The van der Waals surface area contributed by atoms with Gasteiger partial charge in [-0.1, -0.05) is 46.8 Å². The highest BCUT2D eigenvalue weighted by atomic mass is 79.9. The van der Waals surface area contributed by atoms with Crippen molar-refractivity contribution < 1.29 is 9.47 Å². The maximum Gasteiger partial charge on any atom is 0.139 e. The minimum Gasteiger partial charge on any atom is -0.488 e. The van der Waals surface area contributed by atoms with Gasteiger partial charge in [0, 0.05) is 22.3 Å². The lowest BCUT2D eigenvalue weighted by Gasteiger charge is -2.15. The largest absolute Gasteiger partial charge is 0.488 e. The molecule has 0 saturated carbocycles. The predicted octanol–water partition coefficient (Wildman–Crippen LogP) is 7.18. The van der Waals surface area contributed by atoms with Gasteiger partial charge in [-0.3, -0.25) is 0 Å². The highest BCUT2D eigenvalue weighted by molar-refractivity contribution is 9.11. The summed E-state index contributed by atoms with van der Waals surface area (Å²) in [4.78, 5) is 0. The minimum atomic E-state index is 0.457. The van der Waals surface area contributed by atoms with E-state index in [1.807, 2.05) is 66.7 Å². The summed E-state index contributed by atoms with van der Waals surface area (Å²) in [5.41, 5.74) is 2.05. The van der Waals surface area contributed by atoms with Crippen molar-refractivity contribution in [1.82, 2.24) is 0 Å². The quantitative estimate of drug-likeness (QED) is 0.340. The third-order valence-corrected chi connectivity index (χ3v) is 4.79. The molecule has 0 aliphatic heterocycles. The number of anilines is 1. The number of rotatable bonds is 8. The first-order chi connectivity index (χ1) is 13.2. The Morgan fingerprint density at radius 2 is 1.63 bits per heavy atom. The lowest BCUT2D eigenvalue weighted by atomic mass is 10.2. The van der Waals surface area contributed by atoms with Gasteiger partial charge in [-0.05, 0) is 64.5 Å². The number of nitrogens with one attached hydrogen (secondary N) is 1. The Balaban J connectivity index is 1.67. The van der Waals surface area contributed by atoms with Crippen LogP contribution in [0.5, 0.6) is 17.2 Å². The highest BCUT2D eigenvalue weighted by Gasteiger charge is 2.10. The van der Waals surface area contributed by atoms with Crippen molar-refractivity contribution in [1.29, 1.82) is 0 Å². The highest BCUT2D eigenvalue weighted by Crippen LogP contribution is 2.33. The molecular formula is C22H19Br2NO2. The molecule has 0 aliphatic rings. The van der Waals surface area contributed by atoms with Gasteiger partial charge in [0.2, 0.25) is 0 Å². The summed E-state index contributed by atoms with van der Waals surface area (Å²) < 4.78 is 13.5. The van der Waals surface area contributed by atoms with Crippen molar-refractivity contribution in [2.75, 3.05) is 11.9 Å². The van der Waals surface area contributed by atoms with E-state index >= 15 is 0 Å². The van der Waals surface area contributed by atoms with Crippen LogP contribution in [0.25, 0.3) is 0 Å². The van der Waals surface area contributed by atoms with E-state index in [-0.39, 0.29) is 0 Å². The molecule has 0 unspecified atom stereocenters. The Morgan fingerprint density at radius 1 is 0.926 bits per heavy atom. The molecule has 0 fully saturated rings. The number of ether oxygens (including phenoxy) is 2. The molecular weight excluding hydrogens is 470 g/mol. The lowest BCUT2D eigenvalue weighted by Crippen LogP contribution is -2.04. The standard InChI is InChI=1S/C22H19Br2NO2/c1-2-12-26-22-16(13-17(23)14-21(22)24)15-25-18-8-10-20(11-9-18)27-19-6-4-3-5-7-19/h2-11,13-14,25H,1,12,15H2. The Labute approximate surface area is 176 Å². The van der Waals surface area contributed by atoms with Crippen molar-refractivity contribution in [2.24, 2.45) is 0 Å². The second-order valence-corrected chi connectivity index (χ2v) is 7.54. The third-order valence-electron chi connectivity index (χ3n) is 3.75. The van der Waals surface area contributed by atoms with E-state index in [0.717, 1.165) is 37.4 Å². The Bertz CT molecular complexity index is 896. The van der Waals surface area contributed by atoms with Crippen LogP contribution in [0.4, 0.5) is 5.69 Å². The van der Waals surface area contributed by atoms with Gasteiger partial charge in [-0.25, -0.2) is 0 Å². The van der Waals surface area contributed by atoms with E-state index in [4.69, 9.17) is 9.47 Å². The van der Waals surface area contributed by atoms with E-state index < -0.39 is 0 Å². The van der Waals surface area contributed by atoms with Gasteiger partial charge in [-0.2, -0.15) is 0 Å². The normalized spacial score (nSPS) is 10.3. The molecule has 1 N–H and O–H groups in total. The average molecular weight is 489 g/mol. The summed E-state index contributed by atoms with van der Waals surface area (Å²) in [5, 5.41) is 3.42. The van der Waals surface area contributed by atoms with Crippen molar-refractivity contribution in [3.63, 3.8) is 0 Å². The Kier molecular flexibility index (Phi) is 6.96. The topological polar surface area (TPSA) is 30.5 Å². The van der Waals surface area contributed by atoms with E-state index in [9.17, 15) is 0 Å². The smallest absolute Gasteiger partial charge is 0.139 e. The van der Waals surface area contributed by atoms with Crippen LogP contribution >= 0.6 is 31.9 Å². The second-order valence-electron chi connectivity index (χ2n) is 5.77. The number of halogens is 2. The molecule has 3 rings (SSSR count). The predicted molar refractivity (Wildman–Crippen MR) is 118 cm³/mol. The Hall–Kier alpha value is -2.24. The number of hydrogen-bond acceptors (Lipinski definition) is 3. The van der Waals surface area contributed by atoms with Gasteiger partial charge >= 0.3 is 0 Å². The Morgan fingerprint density at radius 3 is 2.33 bits per heavy atom. The molecule has 0 saturated heterocycles. The van der Waals surface area contributed by atoms with Crippen LogP contribution in [0.15, 0.2) is 88.3 Å². The summed E-state index contributed by atoms with van der Waals surface area (Å²) in [7, 11) is 0. The van der Waals surface area contributed by atoms with E-state index in [1.165, 1.54) is 0 Å². The number of benzene rings is 3. The van der Waals surface area contributed by atoms with Gasteiger partial charge in [0.15, 0.2) is 0 Å². The molecule has 0 radical (unpaired) electrons. The van der Waals surface area contributed by atoms with Gasteiger partial charge in [-0.15, -0.1) is 0 Å². The first kappa shape index (κ1) is 19.5. The van der Waals surface area contributed by atoms with Crippen LogP contribution < -0.4 is 14.8 Å². The number of hydrogen-bond donors (Lipinski definition) is 1. The minimum absolute atomic E-state index is 0.457. The van der Waals surface area contributed by atoms with Gasteiger partial charge in [0.05, 0.1) is 4.47 Å².